The summed E-state index contributed by atoms with van der Waals surface area (Å²) in [5.41, 5.74) is 1.29. The first-order valence-corrected chi connectivity index (χ1v) is 13.1. The van der Waals surface area contributed by atoms with Crippen molar-refractivity contribution < 1.29 is 9.16 Å². The molecule has 1 aliphatic carbocycles. The molecule has 0 radical (unpaired) electrons. The standard InChI is InChI=1S/C21H40O2Si/c1-8-12-18-15-16(2)19(23-24(6,7)21(3,4)5)20(22-18)17-13-10-9-11-14-17/h17-20H,2,8-15H2,1,3-7H3/t18-,19-,20+/m0/s1. The molecule has 0 unspecified atom stereocenters. The van der Waals surface area contributed by atoms with E-state index in [0.29, 0.717) is 12.0 Å². The summed E-state index contributed by atoms with van der Waals surface area (Å²) in [7, 11) is -1.82. The lowest BCUT2D eigenvalue weighted by atomic mass is 9.79. The van der Waals surface area contributed by atoms with Crippen LogP contribution in [0.5, 0.6) is 0 Å². The van der Waals surface area contributed by atoms with Gasteiger partial charge in [0.25, 0.3) is 0 Å². The van der Waals surface area contributed by atoms with Crippen molar-refractivity contribution in [1.82, 2.24) is 0 Å². The predicted molar refractivity (Wildman–Crippen MR) is 106 cm³/mol. The van der Waals surface area contributed by atoms with Crippen LogP contribution in [0, 0.1) is 5.92 Å². The number of hydrogen-bond donors (Lipinski definition) is 0. The summed E-state index contributed by atoms with van der Waals surface area (Å²) in [6.07, 6.45) is 10.7. The van der Waals surface area contributed by atoms with Crippen LogP contribution in [0.1, 0.15) is 79.1 Å². The third-order valence-corrected chi connectivity index (χ3v) is 10.9. The maximum absolute atomic E-state index is 6.86. The Bertz CT molecular complexity index is 418. The summed E-state index contributed by atoms with van der Waals surface area (Å²) in [6, 6.07) is 0. The molecule has 1 saturated heterocycles. The van der Waals surface area contributed by atoms with Crippen molar-refractivity contribution in [1.29, 1.82) is 0 Å². The van der Waals surface area contributed by atoms with Crippen molar-refractivity contribution >= 4 is 8.32 Å². The van der Waals surface area contributed by atoms with Crippen molar-refractivity contribution in [2.24, 2.45) is 5.92 Å². The van der Waals surface area contributed by atoms with Crippen LogP contribution in [0.25, 0.3) is 0 Å². The SMILES string of the molecule is C=C1C[C@H](CCC)O[C@H](C2CCCCC2)[C@H]1O[Si](C)(C)C(C)(C)C. The molecule has 24 heavy (non-hydrogen) atoms. The summed E-state index contributed by atoms with van der Waals surface area (Å²) >= 11 is 0. The van der Waals surface area contributed by atoms with E-state index in [9.17, 15) is 0 Å². The minimum Gasteiger partial charge on any atom is -0.408 e. The molecule has 0 N–H and O–H groups in total. The average Bonchev–Trinajstić information content (AvgIpc) is 2.49. The van der Waals surface area contributed by atoms with E-state index >= 15 is 0 Å². The second-order valence-electron chi connectivity index (χ2n) is 9.57. The van der Waals surface area contributed by atoms with Gasteiger partial charge in [-0.05, 0) is 55.3 Å². The first-order valence-electron chi connectivity index (χ1n) is 10.2. The normalized spacial score (nSPS) is 30.6. The fourth-order valence-corrected chi connectivity index (χ4v) is 5.23. The highest BCUT2D eigenvalue weighted by atomic mass is 28.4. The first kappa shape index (κ1) is 20.2. The zero-order valence-electron chi connectivity index (χ0n) is 17.0. The van der Waals surface area contributed by atoms with Gasteiger partial charge in [-0.1, -0.05) is 60.0 Å². The number of ether oxygens (including phenoxy) is 1. The molecule has 1 aliphatic heterocycles. The molecule has 0 bridgehead atoms. The van der Waals surface area contributed by atoms with Gasteiger partial charge in [-0.3, -0.25) is 0 Å². The largest absolute Gasteiger partial charge is 0.408 e. The molecule has 0 amide bonds. The van der Waals surface area contributed by atoms with Gasteiger partial charge in [-0.15, -0.1) is 0 Å². The van der Waals surface area contributed by atoms with Crippen molar-refractivity contribution in [2.75, 3.05) is 0 Å². The van der Waals surface area contributed by atoms with Crippen molar-refractivity contribution in [3.8, 4) is 0 Å². The lowest BCUT2D eigenvalue weighted by molar-refractivity contribution is -0.120. The Morgan fingerprint density at radius 3 is 2.33 bits per heavy atom. The Kier molecular flexibility index (Phi) is 6.77. The molecule has 0 spiro atoms. The Morgan fingerprint density at radius 1 is 1.17 bits per heavy atom. The minimum absolute atomic E-state index is 0.113. The van der Waals surface area contributed by atoms with Crippen molar-refractivity contribution in [2.45, 2.75) is 116 Å². The summed E-state index contributed by atoms with van der Waals surface area (Å²) in [4.78, 5) is 0. The Balaban J connectivity index is 2.19. The zero-order valence-corrected chi connectivity index (χ0v) is 18.0. The third kappa shape index (κ3) is 4.73. The summed E-state index contributed by atoms with van der Waals surface area (Å²) < 4.78 is 13.5. The Labute approximate surface area is 151 Å². The van der Waals surface area contributed by atoms with Crippen LogP contribution in [0.3, 0.4) is 0 Å². The van der Waals surface area contributed by atoms with Crippen LogP contribution in [0.15, 0.2) is 12.2 Å². The van der Waals surface area contributed by atoms with Crippen LogP contribution < -0.4 is 0 Å². The lowest BCUT2D eigenvalue weighted by Crippen LogP contribution is -2.53. The van der Waals surface area contributed by atoms with Crippen molar-refractivity contribution in [3.05, 3.63) is 12.2 Å². The first-order chi connectivity index (χ1) is 11.2. The Morgan fingerprint density at radius 2 is 1.79 bits per heavy atom. The topological polar surface area (TPSA) is 18.5 Å². The molecule has 1 heterocycles. The van der Waals surface area contributed by atoms with E-state index in [4.69, 9.17) is 9.16 Å². The molecular formula is C21H40O2Si. The van der Waals surface area contributed by atoms with Gasteiger partial charge in [0.2, 0.25) is 0 Å². The summed E-state index contributed by atoms with van der Waals surface area (Å²) in [6.45, 7) is 18.4. The smallest absolute Gasteiger partial charge is 0.193 e. The maximum atomic E-state index is 6.86. The van der Waals surface area contributed by atoms with E-state index in [1.165, 1.54) is 44.1 Å². The molecule has 140 valence electrons. The quantitative estimate of drug-likeness (QED) is 0.417. The van der Waals surface area contributed by atoms with E-state index in [-0.39, 0.29) is 17.2 Å². The van der Waals surface area contributed by atoms with E-state index in [1.807, 2.05) is 0 Å². The van der Waals surface area contributed by atoms with Crippen LogP contribution in [-0.2, 0) is 9.16 Å². The fourth-order valence-electron chi connectivity index (χ4n) is 3.94. The van der Waals surface area contributed by atoms with E-state index in [1.54, 1.807) is 0 Å². The highest BCUT2D eigenvalue weighted by Gasteiger charge is 2.45. The predicted octanol–water partition coefficient (Wildman–Crippen LogP) is 6.47. The van der Waals surface area contributed by atoms with Gasteiger partial charge in [-0.25, -0.2) is 0 Å². The second kappa shape index (κ2) is 8.05. The van der Waals surface area contributed by atoms with Gasteiger partial charge >= 0.3 is 0 Å². The molecule has 0 aromatic rings. The number of rotatable bonds is 5. The zero-order chi connectivity index (χ0) is 18.0. The molecule has 2 rings (SSSR count). The maximum Gasteiger partial charge on any atom is 0.193 e. The summed E-state index contributed by atoms with van der Waals surface area (Å²) in [5, 5.41) is 0.227. The lowest BCUT2D eigenvalue weighted by Gasteiger charge is -2.48. The van der Waals surface area contributed by atoms with Crippen LogP contribution in [-0.4, -0.2) is 26.6 Å². The molecule has 2 aliphatic rings. The monoisotopic (exact) mass is 352 g/mol. The van der Waals surface area contributed by atoms with E-state index in [0.717, 1.165) is 12.8 Å². The van der Waals surface area contributed by atoms with Crippen LogP contribution in [0.4, 0.5) is 0 Å². The van der Waals surface area contributed by atoms with Gasteiger partial charge in [0.15, 0.2) is 8.32 Å². The highest BCUT2D eigenvalue weighted by molar-refractivity contribution is 6.74. The van der Waals surface area contributed by atoms with Crippen molar-refractivity contribution in [3.63, 3.8) is 0 Å². The van der Waals surface area contributed by atoms with Gasteiger partial charge in [0.05, 0.1) is 18.3 Å². The molecule has 2 fully saturated rings. The van der Waals surface area contributed by atoms with Crippen LogP contribution in [0.2, 0.25) is 18.1 Å². The van der Waals surface area contributed by atoms with E-state index < -0.39 is 8.32 Å². The average molecular weight is 353 g/mol. The van der Waals surface area contributed by atoms with Gasteiger partial charge in [-0.2, -0.15) is 0 Å². The molecule has 0 aromatic carbocycles. The molecule has 3 heteroatoms. The summed E-state index contributed by atoms with van der Waals surface area (Å²) in [5.74, 6) is 0.657. The van der Waals surface area contributed by atoms with Gasteiger partial charge < -0.3 is 9.16 Å². The second-order valence-corrected chi connectivity index (χ2v) is 14.3. The molecular weight excluding hydrogens is 312 g/mol. The van der Waals surface area contributed by atoms with Crippen LogP contribution >= 0.6 is 0 Å². The molecule has 0 aromatic heterocycles. The molecule has 1 saturated carbocycles. The van der Waals surface area contributed by atoms with Gasteiger partial charge in [0.1, 0.15) is 0 Å². The molecule has 2 nitrogen and oxygen atoms in total. The van der Waals surface area contributed by atoms with E-state index in [2.05, 4.69) is 47.4 Å². The Hall–Kier alpha value is -0.123. The third-order valence-electron chi connectivity index (χ3n) is 6.49. The minimum atomic E-state index is -1.82. The van der Waals surface area contributed by atoms with Gasteiger partial charge in [0, 0.05) is 0 Å². The number of hydrogen-bond acceptors (Lipinski definition) is 2. The molecule has 3 atom stereocenters. The fraction of sp³-hybridized carbons (Fsp3) is 0.905. The highest BCUT2D eigenvalue weighted by Crippen LogP contribution is 2.43.